The van der Waals surface area contributed by atoms with Crippen molar-refractivity contribution in [3.8, 4) is 5.75 Å². The van der Waals surface area contributed by atoms with Gasteiger partial charge in [-0.25, -0.2) is 9.37 Å². The minimum absolute atomic E-state index is 0.184. The molecule has 6 heteroatoms. The van der Waals surface area contributed by atoms with Crippen LogP contribution in [0.15, 0.2) is 35.8 Å². The van der Waals surface area contributed by atoms with Crippen molar-refractivity contribution in [3.05, 3.63) is 41.7 Å². The van der Waals surface area contributed by atoms with Gasteiger partial charge in [0, 0.05) is 11.8 Å². The molecule has 0 aliphatic rings. The van der Waals surface area contributed by atoms with E-state index in [1.807, 2.05) is 12.1 Å². The molecule has 0 spiro atoms. The highest BCUT2D eigenvalue weighted by molar-refractivity contribution is 7.16. The number of ether oxygens (including phenoxy) is 1. The number of benzene rings is 2. The maximum atomic E-state index is 13.4. The first-order valence-corrected chi connectivity index (χ1v) is 6.79. The molecule has 0 aliphatic carbocycles. The molecule has 0 bridgehead atoms. The summed E-state index contributed by atoms with van der Waals surface area (Å²) < 4.78 is 19.4. The molecular formula is C14H12FN3OS. The van der Waals surface area contributed by atoms with Gasteiger partial charge in [0.05, 0.1) is 28.7 Å². The van der Waals surface area contributed by atoms with E-state index in [0.717, 1.165) is 15.9 Å². The Morgan fingerprint density at radius 2 is 2.15 bits per heavy atom. The van der Waals surface area contributed by atoms with Crippen LogP contribution < -0.4 is 15.8 Å². The quantitative estimate of drug-likeness (QED) is 0.721. The zero-order valence-corrected chi connectivity index (χ0v) is 11.5. The summed E-state index contributed by atoms with van der Waals surface area (Å²) in [7, 11) is 1.43. The van der Waals surface area contributed by atoms with Gasteiger partial charge in [0.15, 0.2) is 11.6 Å². The number of thiazole rings is 1. The summed E-state index contributed by atoms with van der Waals surface area (Å²) in [6.07, 6.45) is 0. The average Bonchev–Trinajstić information content (AvgIpc) is 2.93. The lowest BCUT2D eigenvalue weighted by molar-refractivity contribution is 0.387. The smallest absolute Gasteiger partial charge is 0.165 e. The summed E-state index contributed by atoms with van der Waals surface area (Å²) in [6.45, 7) is 0. The van der Waals surface area contributed by atoms with E-state index < -0.39 is 5.82 Å². The van der Waals surface area contributed by atoms with Gasteiger partial charge in [-0.1, -0.05) is 0 Å². The zero-order chi connectivity index (χ0) is 14.1. The Morgan fingerprint density at radius 3 is 2.95 bits per heavy atom. The highest BCUT2D eigenvalue weighted by Gasteiger charge is 2.08. The second-order valence-electron chi connectivity index (χ2n) is 4.20. The van der Waals surface area contributed by atoms with Gasteiger partial charge >= 0.3 is 0 Å². The molecule has 0 radical (unpaired) electrons. The number of hydrogen-bond donors (Lipinski definition) is 2. The van der Waals surface area contributed by atoms with Gasteiger partial charge < -0.3 is 15.8 Å². The maximum Gasteiger partial charge on any atom is 0.165 e. The normalized spacial score (nSPS) is 10.7. The van der Waals surface area contributed by atoms with Crippen LogP contribution in [0.5, 0.6) is 5.75 Å². The van der Waals surface area contributed by atoms with E-state index in [-0.39, 0.29) is 5.75 Å². The van der Waals surface area contributed by atoms with Crippen molar-refractivity contribution in [2.45, 2.75) is 0 Å². The predicted octanol–water partition coefficient (Wildman–Crippen LogP) is 3.77. The number of hydrogen-bond acceptors (Lipinski definition) is 5. The number of nitrogen functional groups attached to an aromatic ring is 1. The molecule has 0 aliphatic heterocycles. The van der Waals surface area contributed by atoms with Crippen molar-refractivity contribution in [2.24, 2.45) is 0 Å². The number of nitrogens with zero attached hydrogens (tertiary/aromatic N) is 1. The van der Waals surface area contributed by atoms with Crippen molar-refractivity contribution in [1.82, 2.24) is 4.98 Å². The topological polar surface area (TPSA) is 60.2 Å². The summed E-state index contributed by atoms with van der Waals surface area (Å²) in [5.74, 6) is -0.218. The lowest BCUT2D eigenvalue weighted by atomic mass is 10.2. The number of halogens is 1. The molecule has 3 aromatic rings. The second-order valence-corrected chi connectivity index (χ2v) is 5.09. The Labute approximate surface area is 119 Å². The van der Waals surface area contributed by atoms with Crippen LogP contribution in [0.2, 0.25) is 0 Å². The van der Waals surface area contributed by atoms with Gasteiger partial charge in [0.2, 0.25) is 0 Å². The number of nitrogens with one attached hydrogen (secondary N) is 1. The molecule has 0 saturated carbocycles. The fraction of sp³-hybridized carbons (Fsp3) is 0.0714. The molecule has 1 aromatic heterocycles. The van der Waals surface area contributed by atoms with Crippen molar-refractivity contribution in [3.63, 3.8) is 0 Å². The minimum Gasteiger partial charge on any atom is -0.494 e. The van der Waals surface area contributed by atoms with Crippen LogP contribution in [-0.2, 0) is 0 Å². The molecule has 4 nitrogen and oxygen atoms in total. The molecule has 102 valence electrons. The monoisotopic (exact) mass is 289 g/mol. The Balaban J connectivity index is 1.98. The molecule has 0 atom stereocenters. The van der Waals surface area contributed by atoms with E-state index in [1.54, 1.807) is 17.6 Å². The zero-order valence-electron chi connectivity index (χ0n) is 10.7. The summed E-state index contributed by atoms with van der Waals surface area (Å²) in [4.78, 5) is 4.24. The van der Waals surface area contributed by atoms with Crippen LogP contribution in [-0.4, -0.2) is 12.1 Å². The molecule has 1 heterocycles. The number of nitrogens with two attached hydrogens (primary N) is 1. The van der Waals surface area contributed by atoms with Gasteiger partial charge in [-0.15, -0.1) is 11.3 Å². The fourth-order valence-electron chi connectivity index (χ4n) is 1.95. The maximum absolute atomic E-state index is 13.4. The van der Waals surface area contributed by atoms with Crippen molar-refractivity contribution >= 4 is 38.6 Å². The lowest BCUT2D eigenvalue weighted by Gasteiger charge is -2.11. The second kappa shape index (κ2) is 4.97. The van der Waals surface area contributed by atoms with Crippen molar-refractivity contribution in [1.29, 1.82) is 0 Å². The molecule has 0 unspecified atom stereocenters. The summed E-state index contributed by atoms with van der Waals surface area (Å²) in [5.41, 5.74) is 10.6. The Kier molecular flexibility index (Phi) is 3.15. The number of rotatable bonds is 3. The van der Waals surface area contributed by atoms with E-state index in [9.17, 15) is 4.39 Å². The van der Waals surface area contributed by atoms with Crippen LogP contribution in [0.1, 0.15) is 0 Å². The third-order valence-corrected chi connectivity index (χ3v) is 3.77. The molecule has 0 saturated heterocycles. The largest absolute Gasteiger partial charge is 0.494 e. The summed E-state index contributed by atoms with van der Waals surface area (Å²) in [5, 5.41) is 3.15. The van der Waals surface area contributed by atoms with Gasteiger partial charge in [-0.2, -0.15) is 0 Å². The van der Waals surface area contributed by atoms with Gasteiger partial charge in [0.25, 0.3) is 0 Å². The Bertz CT molecular complexity index is 772. The standard InChI is InChI=1S/C14H12FN3OS/c1-19-11-6-8(2-3-9(11)15)18-10-4-5-12-14(13(10)16)17-7-20-12/h2-7,18H,16H2,1H3. The summed E-state index contributed by atoms with van der Waals surface area (Å²) >= 11 is 1.54. The van der Waals surface area contributed by atoms with Crippen molar-refractivity contribution < 1.29 is 9.13 Å². The highest BCUT2D eigenvalue weighted by atomic mass is 32.1. The SMILES string of the molecule is COc1cc(Nc2ccc3scnc3c2N)ccc1F. The molecule has 3 rings (SSSR count). The molecule has 0 amide bonds. The number of aromatic nitrogens is 1. The molecule has 0 fully saturated rings. The van der Waals surface area contributed by atoms with Crippen LogP contribution in [0.25, 0.3) is 10.2 Å². The van der Waals surface area contributed by atoms with Gasteiger partial charge in [-0.05, 0) is 24.3 Å². The molecular weight excluding hydrogens is 277 g/mol. The first kappa shape index (κ1) is 12.7. The number of fused-ring (bicyclic) bond motifs is 1. The van der Waals surface area contributed by atoms with Crippen LogP contribution in [0.3, 0.4) is 0 Å². The van der Waals surface area contributed by atoms with E-state index in [2.05, 4.69) is 10.3 Å². The third kappa shape index (κ3) is 2.14. The molecule has 2 aromatic carbocycles. The molecule has 3 N–H and O–H groups in total. The first-order chi connectivity index (χ1) is 9.69. The number of anilines is 3. The fourth-order valence-corrected chi connectivity index (χ4v) is 2.65. The van der Waals surface area contributed by atoms with Crippen LogP contribution >= 0.6 is 11.3 Å². The minimum atomic E-state index is -0.402. The summed E-state index contributed by atoms with van der Waals surface area (Å²) in [6, 6.07) is 8.39. The third-order valence-electron chi connectivity index (χ3n) is 2.97. The lowest BCUT2D eigenvalue weighted by Crippen LogP contribution is -1.98. The van der Waals surface area contributed by atoms with Gasteiger partial charge in [-0.3, -0.25) is 0 Å². The van der Waals surface area contributed by atoms with Crippen molar-refractivity contribution in [2.75, 3.05) is 18.2 Å². The van der Waals surface area contributed by atoms with Crippen LogP contribution in [0, 0.1) is 5.82 Å². The molecule has 20 heavy (non-hydrogen) atoms. The van der Waals surface area contributed by atoms with E-state index in [0.29, 0.717) is 11.4 Å². The van der Waals surface area contributed by atoms with Gasteiger partial charge in [0.1, 0.15) is 5.52 Å². The Hall–Kier alpha value is -2.34. The van der Waals surface area contributed by atoms with E-state index in [1.165, 1.54) is 24.5 Å². The van der Waals surface area contributed by atoms with E-state index in [4.69, 9.17) is 10.5 Å². The predicted molar refractivity (Wildman–Crippen MR) is 80.3 cm³/mol. The Morgan fingerprint density at radius 1 is 1.30 bits per heavy atom. The van der Waals surface area contributed by atoms with Crippen LogP contribution in [0.4, 0.5) is 21.5 Å². The van der Waals surface area contributed by atoms with E-state index >= 15 is 0 Å². The average molecular weight is 289 g/mol. The first-order valence-electron chi connectivity index (χ1n) is 5.91. The highest BCUT2D eigenvalue weighted by Crippen LogP contribution is 2.32. The number of methoxy groups -OCH3 is 1.